The zero-order valence-corrected chi connectivity index (χ0v) is 12.8. The van der Waals surface area contributed by atoms with Crippen LogP contribution in [-0.2, 0) is 11.3 Å². The normalized spacial score (nSPS) is 12.1. The Hall–Kier alpha value is -2.07. The van der Waals surface area contributed by atoms with Gasteiger partial charge in [-0.05, 0) is 37.6 Å². The van der Waals surface area contributed by atoms with Crippen LogP contribution in [0.4, 0.5) is 0 Å². The number of benzene rings is 1. The molecule has 112 valence electrons. The molecule has 4 heteroatoms. The molecule has 0 aliphatic rings. The van der Waals surface area contributed by atoms with Gasteiger partial charge in [-0.15, -0.1) is 0 Å². The summed E-state index contributed by atoms with van der Waals surface area (Å²) in [7, 11) is 1.38. The van der Waals surface area contributed by atoms with Gasteiger partial charge in [-0.2, -0.15) is 0 Å². The Labute approximate surface area is 125 Å². The van der Waals surface area contributed by atoms with Gasteiger partial charge in [0.2, 0.25) is 0 Å². The molecule has 0 radical (unpaired) electrons. The maximum Gasteiger partial charge on any atom is 0.337 e. The van der Waals surface area contributed by atoms with E-state index in [1.54, 1.807) is 12.1 Å². The van der Waals surface area contributed by atoms with Gasteiger partial charge < -0.3 is 14.5 Å². The van der Waals surface area contributed by atoms with Crippen LogP contribution < -0.4 is 5.32 Å². The second kappa shape index (κ2) is 7.09. The minimum absolute atomic E-state index is 0.329. The molecule has 0 spiro atoms. The topological polar surface area (TPSA) is 56.0 Å². The predicted octanol–water partition coefficient (Wildman–Crippen LogP) is 2.60. The van der Waals surface area contributed by atoms with Gasteiger partial charge in [0, 0.05) is 5.56 Å². The summed E-state index contributed by atoms with van der Waals surface area (Å²) in [5, 5.41) is 2.27. The highest BCUT2D eigenvalue weighted by Gasteiger charge is 2.09. The zero-order chi connectivity index (χ0) is 15.2. The van der Waals surface area contributed by atoms with E-state index in [0.717, 1.165) is 30.0 Å². The second-order valence-electron chi connectivity index (χ2n) is 5.16. The van der Waals surface area contributed by atoms with Crippen LogP contribution in [0.2, 0.25) is 0 Å². The van der Waals surface area contributed by atoms with Gasteiger partial charge in [-0.1, -0.05) is 19.1 Å². The zero-order valence-electron chi connectivity index (χ0n) is 12.8. The summed E-state index contributed by atoms with van der Waals surface area (Å²) >= 11 is 0. The number of carbonyl (C=O) groups excluding carboxylic acids is 1. The van der Waals surface area contributed by atoms with Crippen molar-refractivity contribution >= 4 is 5.97 Å². The van der Waals surface area contributed by atoms with E-state index in [4.69, 9.17) is 4.42 Å². The van der Waals surface area contributed by atoms with Gasteiger partial charge in [-0.3, -0.25) is 0 Å². The lowest BCUT2D eigenvalue weighted by atomic mass is 10.1. The fourth-order valence-corrected chi connectivity index (χ4v) is 2.02. The van der Waals surface area contributed by atoms with Crippen LogP contribution in [0.1, 0.15) is 36.4 Å². The third-order valence-electron chi connectivity index (χ3n) is 3.62. The van der Waals surface area contributed by atoms with Crippen molar-refractivity contribution in [1.29, 1.82) is 0 Å². The Balaban J connectivity index is 2.05. The lowest BCUT2D eigenvalue weighted by Gasteiger charge is -2.05. The highest BCUT2D eigenvalue weighted by Crippen LogP contribution is 2.22. The van der Waals surface area contributed by atoms with E-state index >= 15 is 0 Å². The summed E-state index contributed by atoms with van der Waals surface area (Å²) in [6.07, 6.45) is 1.14. The molecule has 0 aliphatic carbocycles. The van der Waals surface area contributed by atoms with E-state index in [1.165, 1.54) is 7.11 Å². The van der Waals surface area contributed by atoms with E-state index in [2.05, 4.69) is 23.9 Å². The molecule has 0 saturated heterocycles. The SMILES string of the molecule is CC[C@@H](C)[NH2+]Cc1ccc(-c2ccc(C(=O)OC)cc2)o1. The van der Waals surface area contributed by atoms with Gasteiger partial charge >= 0.3 is 5.97 Å². The van der Waals surface area contributed by atoms with Crippen LogP contribution in [-0.4, -0.2) is 19.1 Å². The molecule has 0 bridgehead atoms. The largest absolute Gasteiger partial charge is 0.465 e. The van der Waals surface area contributed by atoms with Crippen molar-refractivity contribution < 1.29 is 19.3 Å². The average Bonchev–Trinajstić information content (AvgIpc) is 3.00. The number of hydrogen-bond donors (Lipinski definition) is 1. The third kappa shape index (κ3) is 3.95. The average molecular weight is 288 g/mol. The molecule has 1 aromatic heterocycles. The molecule has 1 atom stereocenters. The Kier molecular flexibility index (Phi) is 5.17. The molecular formula is C17H22NO3+. The molecule has 0 unspecified atom stereocenters. The number of esters is 1. The fourth-order valence-electron chi connectivity index (χ4n) is 2.02. The summed E-state index contributed by atoms with van der Waals surface area (Å²) in [5.41, 5.74) is 1.50. The van der Waals surface area contributed by atoms with Gasteiger partial charge in [0.15, 0.2) is 5.76 Å². The number of furan rings is 1. The Morgan fingerprint density at radius 1 is 1.24 bits per heavy atom. The van der Waals surface area contributed by atoms with Gasteiger partial charge in [0.1, 0.15) is 12.3 Å². The van der Waals surface area contributed by atoms with E-state index < -0.39 is 0 Å². The monoisotopic (exact) mass is 288 g/mol. The first-order chi connectivity index (χ1) is 10.1. The Bertz CT molecular complexity index is 586. The molecule has 2 rings (SSSR count). The third-order valence-corrected chi connectivity index (χ3v) is 3.62. The Morgan fingerprint density at radius 2 is 1.95 bits per heavy atom. The van der Waals surface area contributed by atoms with Crippen LogP contribution in [0, 0.1) is 0 Å². The molecule has 0 aliphatic heterocycles. The summed E-state index contributed by atoms with van der Waals surface area (Å²) < 4.78 is 10.5. The highest BCUT2D eigenvalue weighted by molar-refractivity contribution is 5.89. The van der Waals surface area contributed by atoms with Crippen LogP contribution in [0.3, 0.4) is 0 Å². The maximum atomic E-state index is 11.4. The number of rotatable bonds is 6. The number of methoxy groups -OCH3 is 1. The standard InChI is InChI=1S/C17H21NO3/c1-4-12(2)18-11-15-9-10-16(21-15)13-5-7-14(8-6-13)17(19)20-3/h5-10,12,18H,4,11H2,1-3H3/p+1/t12-/m1/s1. The Morgan fingerprint density at radius 3 is 2.57 bits per heavy atom. The minimum atomic E-state index is -0.329. The van der Waals surface area contributed by atoms with Gasteiger partial charge in [0.25, 0.3) is 0 Å². The molecule has 4 nitrogen and oxygen atoms in total. The van der Waals surface area contributed by atoms with Crippen LogP contribution in [0.25, 0.3) is 11.3 Å². The highest BCUT2D eigenvalue weighted by atomic mass is 16.5. The van der Waals surface area contributed by atoms with Gasteiger partial charge in [0.05, 0.1) is 18.7 Å². The lowest BCUT2D eigenvalue weighted by molar-refractivity contribution is -0.703. The summed E-state index contributed by atoms with van der Waals surface area (Å²) in [6.45, 7) is 5.22. The first-order valence-corrected chi connectivity index (χ1v) is 7.24. The van der Waals surface area contributed by atoms with E-state index in [-0.39, 0.29) is 5.97 Å². The van der Waals surface area contributed by atoms with Gasteiger partial charge in [-0.25, -0.2) is 4.79 Å². The van der Waals surface area contributed by atoms with Crippen LogP contribution in [0.5, 0.6) is 0 Å². The lowest BCUT2D eigenvalue weighted by Crippen LogP contribution is -2.87. The van der Waals surface area contributed by atoms with Crippen LogP contribution >= 0.6 is 0 Å². The smallest absolute Gasteiger partial charge is 0.337 e. The summed E-state index contributed by atoms with van der Waals surface area (Å²) in [4.78, 5) is 11.4. The second-order valence-corrected chi connectivity index (χ2v) is 5.16. The van der Waals surface area contributed by atoms with Crippen molar-refractivity contribution in [2.24, 2.45) is 0 Å². The van der Waals surface area contributed by atoms with Crippen molar-refractivity contribution in [2.75, 3.05) is 7.11 Å². The van der Waals surface area contributed by atoms with Crippen molar-refractivity contribution in [3.05, 3.63) is 47.7 Å². The van der Waals surface area contributed by atoms with Crippen molar-refractivity contribution in [2.45, 2.75) is 32.9 Å². The molecule has 21 heavy (non-hydrogen) atoms. The number of ether oxygens (including phenoxy) is 1. The molecule has 2 aromatic rings. The minimum Gasteiger partial charge on any atom is -0.465 e. The molecule has 1 heterocycles. The van der Waals surface area contributed by atoms with Crippen LogP contribution in [0.15, 0.2) is 40.8 Å². The molecule has 2 N–H and O–H groups in total. The fraction of sp³-hybridized carbons (Fsp3) is 0.353. The summed E-state index contributed by atoms with van der Waals surface area (Å²) in [5.74, 6) is 1.45. The quantitative estimate of drug-likeness (QED) is 0.831. The van der Waals surface area contributed by atoms with E-state index in [1.807, 2.05) is 24.3 Å². The van der Waals surface area contributed by atoms with Crippen molar-refractivity contribution in [3.63, 3.8) is 0 Å². The number of carbonyl (C=O) groups is 1. The maximum absolute atomic E-state index is 11.4. The first-order valence-electron chi connectivity index (χ1n) is 7.24. The molecular weight excluding hydrogens is 266 g/mol. The van der Waals surface area contributed by atoms with Crippen molar-refractivity contribution in [1.82, 2.24) is 0 Å². The number of quaternary nitrogens is 1. The molecule has 0 fully saturated rings. The first kappa shape index (κ1) is 15.3. The molecule has 0 saturated carbocycles. The summed E-state index contributed by atoms with van der Waals surface area (Å²) in [6, 6.07) is 11.8. The van der Waals surface area contributed by atoms with E-state index in [9.17, 15) is 4.79 Å². The van der Waals surface area contributed by atoms with Crippen molar-refractivity contribution in [3.8, 4) is 11.3 Å². The predicted molar refractivity (Wildman–Crippen MR) is 80.9 cm³/mol. The molecule has 0 amide bonds. The number of nitrogens with two attached hydrogens (primary N) is 1. The van der Waals surface area contributed by atoms with E-state index in [0.29, 0.717) is 11.6 Å². The molecule has 1 aromatic carbocycles. The number of hydrogen-bond acceptors (Lipinski definition) is 3.